The van der Waals surface area contributed by atoms with Crippen LogP contribution >= 0.6 is 0 Å². The van der Waals surface area contributed by atoms with E-state index in [0.717, 1.165) is 59.8 Å². The summed E-state index contributed by atoms with van der Waals surface area (Å²) < 4.78 is 0. The topological polar surface area (TPSA) is 65.2 Å². The number of carbonyl (C=O) groups is 1. The lowest BCUT2D eigenvalue weighted by molar-refractivity contribution is -0.131. The van der Waals surface area contributed by atoms with Gasteiger partial charge in [-0.1, -0.05) is 97.4 Å². The van der Waals surface area contributed by atoms with Crippen LogP contribution in [0.3, 0.4) is 0 Å². The van der Waals surface area contributed by atoms with E-state index in [2.05, 4.69) is 83.6 Å². The molecule has 1 atom stereocenters. The van der Waals surface area contributed by atoms with Gasteiger partial charge in [0, 0.05) is 38.3 Å². The molecule has 0 aliphatic carbocycles. The number of anilines is 1. The van der Waals surface area contributed by atoms with Crippen LogP contribution in [0.25, 0.3) is 11.1 Å². The molecule has 0 saturated heterocycles. The first-order chi connectivity index (χ1) is 20.1. The Morgan fingerprint density at radius 2 is 1.44 bits per heavy atom. The first-order valence-electron chi connectivity index (χ1n) is 14.4. The van der Waals surface area contributed by atoms with Crippen LogP contribution in [-0.4, -0.2) is 41.8 Å². The monoisotopic (exact) mass is 545 g/mol. The number of guanidine groups is 1. The summed E-state index contributed by atoms with van der Waals surface area (Å²) in [4.78, 5) is 25.0. The molecule has 0 radical (unpaired) electrons. The number of fused-ring (bicyclic) bond motifs is 1. The number of benzene rings is 4. The summed E-state index contributed by atoms with van der Waals surface area (Å²) in [6, 6.07) is 37.3. The minimum atomic E-state index is -0.370. The number of para-hydroxylation sites is 1. The van der Waals surface area contributed by atoms with Gasteiger partial charge in [0.05, 0.1) is 5.69 Å². The van der Waals surface area contributed by atoms with Crippen LogP contribution < -0.4 is 10.6 Å². The summed E-state index contributed by atoms with van der Waals surface area (Å²) in [6.45, 7) is 3.68. The molecule has 0 saturated carbocycles. The van der Waals surface area contributed by atoms with E-state index in [1.807, 2.05) is 47.4 Å². The number of nitrogens with two attached hydrogens (primary N) is 1. The minimum Gasteiger partial charge on any atom is -0.345 e. The van der Waals surface area contributed by atoms with Crippen molar-refractivity contribution in [1.29, 1.82) is 0 Å². The normalized spacial score (nSPS) is 14.3. The van der Waals surface area contributed by atoms with Crippen molar-refractivity contribution in [2.75, 3.05) is 25.0 Å². The molecular weight excluding hydrogens is 506 g/mol. The van der Waals surface area contributed by atoms with Gasteiger partial charge in [-0.2, -0.15) is 0 Å². The van der Waals surface area contributed by atoms with Crippen molar-refractivity contribution >= 4 is 23.2 Å². The number of carbonyl (C=O) groups excluding carboxylic acids is 1. The van der Waals surface area contributed by atoms with Gasteiger partial charge in [-0.05, 0) is 54.3 Å². The van der Waals surface area contributed by atoms with Crippen LogP contribution in [0, 0.1) is 0 Å². The van der Waals surface area contributed by atoms with Crippen molar-refractivity contribution in [3.8, 4) is 11.1 Å². The summed E-state index contributed by atoms with van der Waals surface area (Å²) in [6.07, 6.45) is 2.71. The van der Waals surface area contributed by atoms with E-state index in [-0.39, 0.29) is 12.1 Å². The molecule has 2 N–H and O–H groups in total. The highest BCUT2D eigenvalue weighted by Gasteiger charge is 2.38. The molecule has 1 heterocycles. The number of nitrogens with zero attached hydrogens (tertiary/aromatic N) is 4. The van der Waals surface area contributed by atoms with E-state index in [4.69, 9.17) is 10.7 Å². The number of rotatable bonds is 10. The Hall–Kier alpha value is -4.42. The highest BCUT2D eigenvalue weighted by atomic mass is 16.2. The second-order valence-corrected chi connectivity index (χ2v) is 10.5. The van der Waals surface area contributed by atoms with Gasteiger partial charge in [-0.25, -0.2) is 4.99 Å². The molecule has 4 aromatic rings. The molecule has 6 nitrogen and oxygen atoms in total. The predicted molar refractivity (Wildman–Crippen MR) is 169 cm³/mol. The maximum atomic E-state index is 13.4. The standard InChI is InChI=1S/C35H39N5O/c1-27(41)39(26-28-14-6-3-7-15-28)34-32-18-10-11-19-33(32)37-35(38(2)25-13-5-12-24-36)40(34)31-22-20-30(21-23-31)29-16-8-4-9-17-29/h3-4,6-11,14-23,34H,5,12-13,24-26,36H2,1-2H3. The molecule has 0 aromatic heterocycles. The third kappa shape index (κ3) is 6.50. The van der Waals surface area contributed by atoms with Gasteiger partial charge >= 0.3 is 0 Å². The van der Waals surface area contributed by atoms with Gasteiger partial charge in [0.15, 0.2) is 0 Å². The van der Waals surface area contributed by atoms with Gasteiger partial charge in [0.2, 0.25) is 11.9 Å². The first kappa shape index (κ1) is 28.1. The smallest absolute Gasteiger partial charge is 0.221 e. The molecule has 1 aliphatic heterocycles. The van der Waals surface area contributed by atoms with Crippen LogP contribution in [0.5, 0.6) is 0 Å². The molecule has 5 rings (SSSR count). The fourth-order valence-electron chi connectivity index (χ4n) is 5.42. The average Bonchev–Trinajstić information content (AvgIpc) is 3.02. The molecule has 210 valence electrons. The molecule has 0 bridgehead atoms. The fraction of sp³-hybridized carbons (Fsp3) is 0.257. The molecule has 41 heavy (non-hydrogen) atoms. The summed E-state index contributed by atoms with van der Waals surface area (Å²) in [7, 11) is 2.09. The van der Waals surface area contributed by atoms with Crippen LogP contribution in [-0.2, 0) is 11.3 Å². The van der Waals surface area contributed by atoms with E-state index in [1.165, 1.54) is 5.56 Å². The lowest BCUT2D eigenvalue weighted by Gasteiger charge is -2.45. The summed E-state index contributed by atoms with van der Waals surface area (Å²) in [5.41, 5.74) is 12.0. The zero-order valence-corrected chi connectivity index (χ0v) is 24.0. The van der Waals surface area contributed by atoms with E-state index >= 15 is 0 Å². The summed E-state index contributed by atoms with van der Waals surface area (Å²) >= 11 is 0. The molecule has 1 amide bonds. The Morgan fingerprint density at radius 1 is 0.805 bits per heavy atom. The molecule has 4 aromatic carbocycles. The Labute approximate surface area is 243 Å². The Balaban J connectivity index is 1.60. The van der Waals surface area contributed by atoms with E-state index in [0.29, 0.717) is 13.1 Å². The van der Waals surface area contributed by atoms with E-state index in [9.17, 15) is 4.79 Å². The molecule has 0 fully saturated rings. The quantitative estimate of drug-likeness (QED) is 0.219. The number of hydrogen-bond acceptors (Lipinski definition) is 5. The van der Waals surface area contributed by atoms with E-state index in [1.54, 1.807) is 6.92 Å². The van der Waals surface area contributed by atoms with Crippen LogP contribution in [0.15, 0.2) is 114 Å². The maximum absolute atomic E-state index is 13.4. The highest BCUT2D eigenvalue weighted by Crippen LogP contribution is 2.41. The van der Waals surface area contributed by atoms with Crippen molar-refractivity contribution in [3.63, 3.8) is 0 Å². The predicted octanol–water partition coefficient (Wildman–Crippen LogP) is 6.97. The number of amides is 1. The lowest BCUT2D eigenvalue weighted by Crippen LogP contribution is -2.52. The van der Waals surface area contributed by atoms with Gasteiger partial charge in [-0.15, -0.1) is 0 Å². The van der Waals surface area contributed by atoms with Crippen molar-refractivity contribution in [1.82, 2.24) is 9.80 Å². The maximum Gasteiger partial charge on any atom is 0.221 e. The zero-order valence-electron chi connectivity index (χ0n) is 24.0. The molecule has 0 spiro atoms. The molecule has 1 aliphatic rings. The second-order valence-electron chi connectivity index (χ2n) is 10.5. The molecule has 6 heteroatoms. The zero-order chi connectivity index (χ0) is 28.6. The number of unbranched alkanes of at least 4 members (excludes halogenated alkanes) is 2. The van der Waals surface area contributed by atoms with Crippen LogP contribution in [0.1, 0.15) is 43.5 Å². The van der Waals surface area contributed by atoms with Crippen molar-refractivity contribution in [2.24, 2.45) is 10.7 Å². The summed E-state index contributed by atoms with van der Waals surface area (Å²) in [5, 5.41) is 0. The van der Waals surface area contributed by atoms with Gasteiger partial charge in [0.1, 0.15) is 6.17 Å². The third-order valence-corrected chi connectivity index (χ3v) is 7.58. The van der Waals surface area contributed by atoms with E-state index < -0.39 is 0 Å². The van der Waals surface area contributed by atoms with Gasteiger partial charge in [0.25, 0.3) is 0 Å². The van der Waals surface area contributed by atoms with Gasteiger partial charge < -0.3 is 15.5 Å². The summed E-state index contributed by atoms with van der Waals surface area (Å²) in [5.74, 6) is 0.833. The van der Waals surface area contributed by atoms with Crippen LogP contribution in [0.2, 0.25) is 0 Å². The fourth-order valence-corrected chi connectivity index (χ4v) is 5.42. The Bertz CT molecular complexity index is 1450. The van der Waals surface area contributed by atoms with Gasteiger partial charge in [-0.3, -0.25) is 9.69 Å². The van der Waals surface area contributed by atoms with Crippen LogP contribution in [0.4, 0.5) is 11.4 Å². The second kappa shape index (κ2) is 13.3. The lowest BCUT2D eigenvalue weighted by atomic mass is 10.0. The van der Waals surface area contributed by atoms with Crippen molar-refractivity contribution in [2.45, 2.75) is 38.9 Å². The Kier molecular flexibility index (Phi) is 9.12. The number of aliphatic imine (C=N–C) groups is 1. The van der Waals surface area contributed by atoms with Crippen molar-refractivity contribution < 1.29 is 4.79 Å². The minimum absolute atomic E-state index is 0.00594. The molecular formula is C35H39N5O. The highest BCUT2D eigenvalue weighted by molar-refractivity contribution is 6.01. The average molecular weight is 546 g/mol. The largest absolute Gasteiger partial charge is 0.345 e. The first-order valence-corrected chi connectivity index (χ1v) is 14.4. The molecule has 1 unspecified atom stereocenters. The third-order valence-electron chi connectivity index (χ3n) is 7.58. The number of hydrogen-bond donors (Lipinski definition) is 1. The van der Waals surface area contributed by atoms with Crippen molar-refractivity contribution in [3.05, 3.63) is 120 Å². The SMILES string of the molecule is CC(=O)N(Cc1ccccc1)C1c2ccccc2N=C(N(C)CCCCCN)N1c1ccc(-c2ccccc2)cc1. The Morgan fingerprint density at radius 3 is 2.12 bits per heavy atom.